The molecule has 8 heteroatoms. The lowest BCUT2D eigenvalue weighted by atomic mass is 9.74. The second kappa shape index (κ2) is 7.47. The summed E-state index contributed by atoms with van der Waals surface area (Å²) in [5.41, 5.74) is -0.0941. The monoisotopic (exact) mass is 438 g/mol. The molecule has 1 atom stereocenters. The number of esters is 1. The van der Waals surface area contributed by atoms with E-state index < -0.39 is 28.6 Å². The van der Waals surface area contributed by atoms with Crippen molar-refractivity contribution in [1.29, 1.82) is 0 Å². The van der Waals surface area contributed by atoms with Gasteiger partial charge in [0.25, 0.3) is 0 Å². The van der Waals surface area contributed by atoms with Crippen LogP contribution in [0.3, 0.4) is 0 Å². The molecule has 8 nitrogen and oxygen atoms in total. The summed E-state index contributed by atoms with van der Waals surface area (Å²) in [6, 6.07) is 4.98. The third kappa shape index (κ3) is 3.14. The summed E-state index contributed by atoms with van der Waals surface area (Å²) in [7, 11) is 0. The maximum absolute atomic E-state index is 13.0. The smallest absolute Gasteiger partial charge is 0.311 e. The number of hydrogen-bond donors (Lipinski definition) is 4. The molecule has 0 amide bonds. The number of carbonyl (C=O) groups is 1. The van der Waals surface area contributed by atoms with E-state index in [-0.39, 0.29) is 52.0 Å². The van der Waals surface area contributed by atoms with Gasteiger partial charge < -0.3 is 29.6 Å². The molecule has 4 N–H and O–H groups in total. The molecule has 3 aromatic rings. The highest BCUT2D eigenvalue weighted by Gasteiger charge is 2.38. The van der Waals surface area contributed by atoms with E-state index in [1.165, 1.54) is 18.2 Å². The summed E-state index contributed by atoms with van der Waals surface area (Å²) in [6.45, 7) is 0. The fraction of sp³-hybridized carbons (Fsp3) is 0.333. The van der Waals surface area contributed by atoms with Crippen LogP contribution in [0.25, 0.3) is 22.3 Å². The van der Waals surface area contributed by atoms with E-state index >= 15 is 0 Å². The highest BCUT2D eigenvalue weighted by Crippen LogP contribution is 2.50. The van der Waals surface area contributed by atoms with Crippen LogP contribution in [0.4, 0.5) is 0 Å². The Labute approximate surface area is 182 Å². The summed E-state index contributed by atoms with van der Waals surface area (Å²) < 4.78 is 11.4. The third-order valence-corrected chi connectivity index (χ3v) is 6.56. The Morgan fingerprint density at radius 3 is 2.34 bits per heavy atom. The molecule has 1 aliphatic carbocycles. The first kappa shape index (κ1) is 20.2. The zero-order valence-electron chi connectivity index (χ0n) is 17.1. The molecule has 2 aromatic carbocycles. The van der Waals surface area contributed by atoms with E-state index in [1.807, 2.05) is 0 Å². The Morgan fingerprint density at radius 2 is 1.62 bits per heavy atom. The molecule has 1 saturated carbocycles. The van der Waals surface area contributed by atoms with Crippen molar-refractivity contribution in [3.8, 4) is 40.1 Å². The van der Waals surface area contributed by atoms with Crippen LogP contribution in [0.15, 0.2) is 33.5 Å². The molecular weight excluding hydrogens is 416 g/mol. The van der Waals surface area contributed by atoms with Gasteiger partial charge in [0, 0.05) is 23.1 Å². The number of carbonyl (C=O) groups excluding carboxylic acids is 1. The van der Waals surface area contributed by atoms with Crippen molar-refractivity contribution >= 4 is 16.9 Å². The molecule has 2 aliphatic rings. The largest absolute Gasteiger partial charge is 0.507 e. The zero-order chi connectivity index (χ0) is 22.6. The Bertz CT molecular complexity index is 1300. The van der Waals surface area contributed by atoms with E-state index in [0.29, 0.717) is 5.56 Å². The molecular formula is C24H22O8. The van der Waals surface area contributed by atoms with E-state index in [1.54, 1.807) is 0 Å². The molecule has 0 unspecified atom stereocenters. The van der Waals surface area contributed by atoms with Crippen LogP contribution in [0, 0.1) is 5.92 Å². The van der Waals surface area contributed by atoms with E-state index in [0.717, 1.165) is 38.2 Å². The van der Waals surface area contributed by atoms with Gasteiger partial charge in [-0.25, -0.2) is 0 Å². The highest BCUT2D eigenvalue weighted by molar-refractivity contribution is 5.93. The van der Waals surface area contributed by atoms with Crippen LogP contribution < -0.4 is 10.2 Å². The number of benzene rings is 2. The predicted octanol–water partition coefficient (Wildman–Crippen LogP) is 4.26. The van der Waals surface area contributed by atoms with Crippen LogP contribution in [0.1, 0.15) is 50.0 Å². The van der Waals surface area contributed by atoms with Gasteiger partial charge in [-0.15, -0.1) is 0 Å². The van der Waals surface area contributed by atoms with Crippen LogP contribution >= 0.6 is 0 Å². The average Bonchev–Trinajstić information content (AvgIpc) is 2.77. The summed E-state index contributed by atoms with van der Waals surface area (Å²) in [5, 5.41) is 40.3. The van der Waals surface area contributed by atoms with Gasteiger partial charge in [-0.2, -0.15) is 0 Å². The van der Waals surface area contributed by atoms with Gasteiger partial charge in [-0.05, 0) is 37.0 Å². The maximum Gasteiger partial charge on any atom is 0.311 e. The van der Waals surface area contributed by atoms with Crippen molar-refractivity contribution in [1.82, 2.24) is 0 Å². The molecule has 1 fully saturated rings. The van der Waals surface area contributed by atoms with Crippen LogP contribution in [-0.4, -0.2) is 26.4 Å². The average molecular weight is 438 g/mol. The first-order chi connectivity index (χ1) is 15.3. The molecule has 166 valence electrons. The summed E-state index contributed by atoms with van der Waals surface area (Å²) in [6.07, 6.45) is 5.22. The van der Waals surface area contributed by atoms with Crippen molar-refractivity contribution in [2.45, 2.75) is 44.4 Å². The minimum absolute atomic E-state index is 0.0495. The van der Waals surface area contributed by atoms with E-state index in [2.05, 4.69) is 0 Å². The Kier molecular flexibility index (Phi) is 4.73. The van der Waals surface area contributed by atoms with Gasteiger partial charge >= 0.3 is 5.97 Å². The van der Waals surface area contributed by atoms with Crippen molar-refractivity contribution in [2.24, 2.45) is 5.92 Å². The fourth-order valence-electron chi connectivity index (χ4n) is 5.02. The minimum Gasteiger partial charge on any atom is -0.507 e. The molecule has 1 aliphatic heterocycles. The quantitative estimate of drug-likeness (QED) is 0.265. The molecule has 2 heterocycles. The lowest BCUT2D eigenvalue weighted by molar-refractivity contribution is -0.136. The zero-order valence-corrected chi connectivity index (χ0v) is 17.1. The minimum atomic E-state index is -0.839. The first-order valence-electron chi connectivity index (χ1n) is 10.6. The third-order valence-electron chi connectivity index (χ3n) is 6.56. The molecule has 0 spiro atoms. The molecule has 32 heavy (non-hydrogen) atoms. The second-order valence-corrected chi connectivity index (χ2v) is 8.51. The number of ether oxygens (including phenoxy) is 1. The van der Waals surface area contributed by atoms with Gasteiger partial charge in [-0.3, -0.25) is 9.59 Å². The van der Waals surface area contributed by atoms with Gasteiger partial charge in [0.15, 0.2) is 17.3 Å². The van der Waals surface area contributed by atoms with Crippen molar-refractivity contribution < 1.29 is 34.4 Å². The highest BCUT2D eigenvalue weighted by atomic mass is 16.5. The maximum atomic E-state index is 13.0. The Balaban J connectivity index is 1.80. The summed E-state index contributed by atoms with van der Waals surface area (Å²) in [5.74, 6) is -2.53. The lowest BCUT2D eigenvalue weighted by Gasteiger charge is -2.33. The molecule has 5 rings (SSSR count). The van der Waals surface area contributed by atoms with Crippen molar-refractivity contribution in [3.63, 3.8) is 0 Å². The number of rotatable bonds is 2. The van der Waals surface area contributed by atoms with Crippen LogP contribution in [-0.2, 0) is 4.79 Å². The van der Waals surface area contributed by atoms with Gasteiger partial charge in [-0.1, -0.05) is 19.3 Å². The number of fused-ring (bicyclic) bond motifs is 3. The van der Waals surface area contributed by atoms with Crippen LogP contribution in [0.2, 0.25) is 0 Å². The van der Waals surface area contributed by atoms with Crippen molar-refractivity contribution in [2.75, 3.05) is 0 Å². The summed E-state index contributed by atoms with van der Waals surface area (Å²) in [4.78, 5) is 25.4. The topological polar surface area (TPSA) is 137 Å². The predicted molar refractivity (Wildman–Crippen MR) is 114 cm³/mol. The SMILES string of the molecule is O=C1C[C@@H](C2CCCCC2)c2c(cc(O)c3c(=O)c(O)c(-c4ccc(O)c(O)c4)oc23)O1. The van der Waals surface area contributed by atoms with Gasteiger partial charge in [0.2, 0.25) is 11.2 Å². The lowest BCUT2D eigenvalue weighted by Crippen LogP contribution is -2.27. The molecule has 1 aromatic heterocycles. The van der Waals surface area contributed by atoms with Gasteiger partial charge in [0.05, 0.1) is 6.42 Å². The Hall–Kier alpha value is -3.68. The second-order valence-electron chi connectivity index (χ2n) is 8.51. The molecule has 0 bridgehead atoms. The number of hydrogen-bond acceptors (Lipinski definition) is 8. The van der Waals surface area contributed by atoms with Gasteiger partial charge in [0.1, 0.15) is 22.5 Å². The first-order valence-corrected chi connectivity index (χ1v) is 10.6. The number of phenolic OH excluding ortho intramolecular Hbond substituents is 3. The molecule has 0 saturated heterocycles. The van der Waals surface area contributed by atoms with Crippen LogP contribution in [0.5, 0.6) is 28.7 Å². The fourth-order valence-corrected chi connectivity index (χ4v) is 5.02. The normalized spacial score (nSPS) is 19.0. The van der Waals surface area contributed by atoms with Crippen molar-refractivity contribution in [3.05, 3.63) is 40.1 Å². The van der Waals surface area contributed by atoms with E-state index in [9.17, 15) is 30.0 Å². The van der Waals surface area contributed by atoms with E-state index in [4.69, 9.17) is 9.15 Å². The standard InChI is InChI=1S/C24H22O8/c25-14-7-6-12(8-15(14)26)23-22(30)21(29)20-16(27)10-17-19(24(20)32-23)13(9-18(28)31-17)11-4-2-1-3-5-11/h6-8,10-11,13,25-27,30H,1-5,9H2/t13-/m0/s1. The number of phenols is 3. The molecule has 0 radical (unpaired) electrons. The number of aromatic hydroxyl groups is 4. The Morgan fingerprint density at radius 1 is 0.875 bits per heavy atom. The summed E-state index contributed by atoms with van der Waals surface area (Å²) >= 11 is 0.